The van der Waals surface area contributed by atoms with E-state index < -0.39 is 0 Å². The second-order valence-electron chi connectivity index (χ2n) is 4.58. The Labute approximate surface area is 113 Å². The minimum Gasteiger partial charge on any atom is -0.507 e. The van der Waals surface area contributed by atoms with Gasteiger partial charge in [-0.1, -0.05) is 12.1 Å². The normalized spacial score (nSPS) is 19.2. The first-order valence-electron chi connectivity index (χ1n) is 5.91. The third-order valence-corrected chi connectivity index (χ3v) is 3.12. The number of nitrogens with one attached hydrogen (secondary N) is 1. The molecule has 4 nitrogen and oxygen atoms in total. The number of rotatable bonds is 1. The molecule has 1 aliphatic rings. The molecule has 1 heterocycles. The Hall–Kier alpha value is -1.26. The largest absolute Gasteiger partial charge is 0.507 e. The molecule has 5 heteroatoms. The van der Waals surface area contributed by atoms with Crippen LogP contribution in [0.1, 0.15) is 22.8 Å². The summed E-state index contributed by atoms with van der Waals surface area (Å²) >= 11 is 0. The molecule has 1 saturated heterocycles. The summed E-state index contributed by atoms with van der Waals surface area (Å²) in [7, 11) is 0. The number of hydrogen-bond acceptors (Lipinski definition) is 3. The molecular weight excluding hydrogens is 252 g/mol. The molecule has 0 saturated carbocycles. The van der Waals surface area contributed by atoms with Gasteiger partial charge in [-0.2, -0.15) is 0 Å². The average molecular weight is 271 g/mol. The molecule has 1 aliphatic heterocycles. The minimum absolute atomic E-state index is 0. The van der Waals surface area contributed by atoms with Crippen molar-refractivity contribution >= 4 is 18.3 Å². The second kappa shape index (κ2) is 6.07. The summed E-state index contributed by atoms with van der Waals surface area (Å²) in [5.74, 6) is 0.0169. The molecule has 0 radical (unpaired) electrons. The number of aromatic hydroxyl groups is 1. The van der Waals surface area contributed by atoms with Crippen LogP contribution in [0.25, 0.3) is 0 Å². The first-order valence-corrected chi connectivity index (χ1v) is 5.91. The SMILES string of the molecule is Cc1cccc(C(=O)N2CCN[C@H](C)C2)c1O.Cl. The van der Waals surface area contributed by atoms with Gasteiger partial charge in [-0.15, -0.1) is 12.4 Å². The van der Waals surface area contributed by atoms with Crippen molar-refractivity contribution in [3.63, 3.8) is 0 Å². The average Bonchev–Trinajstić information content (AvgIpc) is 2.32. The highest BCUT2D eigenvalue weighted by molar-refractivity contribution is 5.97. The molecule has 0 unspecified atom stereocenters. The topological polar surface area (TPSA) is 52.6 Å². The summed E-state index contributed by atoms with van der Waals surface area (Å²) in [5, 5.41) is 13.2. The van der Waals surface area contributed by atoms with Gasteiger partial charge in [-0.25, -0.2) is 0 Å². The van der Waals surface area contributed by atoms with Crippen molar-refractivity contribution in [2.75, 3.05) is 19.6 Å². The lowest BCUT2D eigenvalue weighted by molar-refractivity contribution is 0.0706. The Kier molecular flexibility index (Phi) is 4.99. The van der Waals surface area contributed by atoms with Gasteiger partial charge in [0.15, 0.2) is 0 Å². The molecule has 18 heavy (non-hydrogen) atoms. The van der Waals surface area contributed by atoms with E-state index in [1.807, 2.05) is 0 Å². The van der Waals surface area contributed by atoms with Gasteiger partial charge in [0.1, 0.15) is 5.75 Å². The lowest BCUT2D eigenvalue weighted by Crippen LogP contribution is -2.51. The number of benzene rings is 1. The first kappa shape index (κ1) is 14.8. The van der Waals surface area contributed by atoms with Crippen LogP contribution in [0.15, 0.2) is 18.2 Å². The van der Waals surface area contributed by atoms with Crippen molar-refractivity contribution < 1.29 is 9.90 Å². The van der Waals surface area contributed by atoms with E-state index in [-0.39, 0.29) is 24.1 Å². The van der Waals surface area contributed by atoms with E-state index in [2.05, 4.69) is 12.2 Å². The number of amides is 1. The fourth-order valence-corrected chi connectivity index (χ4v) is 2.12. The molecule has 0 aliphatic carbocycles. The third-order valence-electron chi connectivity index (χ3n) is 3.12. The van der Waals surface area contributed by atoms with E-state index in [1.54, 1.807) is 30.0 Å². The zero-order valence-electron chi connectivity index (χ0n) is 10.6. The number of nitrogens with zero attached hydrogens (tertiary/aromatic N) is 1. The van der Waals surface area contributed by atoms with Crippen molar-refractivity contribution in [1.29, 1.82) is 0 Å². The van der Waals surface area contributed by atoms with Gasteiger partial charge < -0.3 is 15.3 Å². The summed E-state index contributed by atoms with van der Waals surface area (Å²) in [6.07, 6.45) is 0. The van der Waals surface area contributed by atoms with Crippen molar-refractivity contribution in [3.8, 4) is 5.75 Å². The number of phenolic OH excluding ortho intramolecular Hbond substituents is 1. The Balaban J connectivity index is 0.00000162. The zero-order valence-corrected chi connectivity index (χ0v) is 11.5. The highest BCUT2D eigenvalue weighted by Crippen LogP contribution is 2.23. The molecule has 2 rings (SSSR count). The zero-order chi connectivity index (χ0) is 12.4. The van der Waals surface area contributed by atoms with Gasteiger partial charge >= 0.3 is 0 Å². The van der Waals surface area contributed by atoms with Crippen LogP contribution in [0.2, 0.25) is 0 Å². The lowest BCUT2D eigenvalue weighted by atomic mass is 10.1. The molecule has 1 aromatic carbocycles. The summed E-state index contributed by atoms with van der Waals surface area (Å²) in [6.45, 7) is 6.03. The van der Waals surface area contributed by atoms with E-state index in [4.69, 9.17) is 0 Å². The maximum Gasteiger partial charge on any atom is 0.257 e. The quantitative estimate of drug-likeness (QED) is 0.814. The van der Waals surface area contributed by atoms with Crippen LogP contribution in [0.5, 0.6) is 5.75 Å². The van der Waals surface area contributed by atoms with Crippen LogP contribution in [-0.2, 0) is 0 Å². The number of phenols is 1. The van der Waals surface area contributed by atoms with Crippen LogP contribution >= 0.6 is 12.4 Å². The van der Waals surface area contributed by atoms with Crippen molar-refractivity contribution in [3.05, 3.63) is 29.3 Å². The number of para-hydroxylation sites is 1. The molecule has 1 atom stereocenters. The van der Waals surface area contributed by atoms with Crippen molar-refractivity contribution in [2.45, 2.75) is 19.9 Å². The molecule has 0 spiro atoms. The van der Waals surface area contributed by atoms with Crippen LogP contribution in [0.3, 0.4) is 0 Å². The highest BCUT2D eigenvalue weighted by atomic mass is 35.5. The second-order valence-corrected chi connectivity index (χ2v) is 4.58. The van der Waals surface area contributed by atoms with Crippen LogP contribution in [0, 0.1) is 6.92 Å². The molecule has 1 amide bonds. The highest BCUT2D eigenvalue weighted by Gasteiger charge is 2.23. The Morgan fingerprint density at radius 2 is 2.22 bits per heavy atom. The number of carbonyl (C=O) groups excluding carboxylic acids is 1. The van der Waals surface area contributed by atoms with Gasteiger partial charge in [0.2, 0.25) is 0 Å². The summed E-state index contributed by atoms with van der Waals surface area (Å²) in [4.78, 5) is 14.0. The Morgan fingerprint density at radius 3 is 2.89 bits per heavy atom. The van der Waals surface area contributed by atoms with Gasteiger partial charge in [0.05, 0.1) is 5.56 Å². The summed E-state index contributed by atoms with van der Waals surface area (Å²) < 4.78 is 0. The summed E-state index contributed by atoms with van der Waals surface area (Å²) in [6, 6.07) is 5.58. The molecule has 0 bridgehead atoms. The standard InChI is InChI=1S/C13H18N2O2.ClH/c1-9-4-3-5-11(12(9)16)13(17)15-7-6-14-10(2)8-15;/h3-5,10,14,16H,6-8H2,1-2H3;1H/t10-;/m1./s1. The molecule has 0 aromatic heterocycles. The molecule has 2 N–H and O–H groups in total. The molecular formula is C13H19ClN2O2. The minimum atomic E-state index is -0.0837. The molecule has 100 valence electrons. The third kappa shape index (κ3) is 2.94. The van der Waals surface area contributed by atoms with Gasteiger partial charge in [-0.05, 0) is 25.5 Å². The predicted molar refractivity (Wildman–Crippen MR) is 73.5 cm³/mol. The van der Waals surface area contributed by atoms with E-state index in [9.17, 15) is 9.90 Å². The lowest BCUT2D eigenvalue weighted by Gasteiger charge is -2.32. The smallest absolute Gasteiger partial charge is 0.257 e. The Morgan fingerprint density at radius 1 is 1.50 bits per heavy atom. The first-order chi connectivity index (χ1) is 8.09. The number of hydrogen-bond donors (Lipinski definition) is 2. The molecule has 1 fully saturated rings. The number of carbonyl (C=O) groups is 1. The number of halogens is 1. The van der Waals surface area contributed by atoms with Gasteiger partial charge in [0, 0.05) is 25.7 Å². The molecule has 1 aromatic rings. The number of piperazine rings is 1. The van der Waals surface area contributed by atoms with E-state index >= 15 is 0 Å². The van der Waals surface area contributed by atoms with Crippen LogP contribution < -0.4 is 5.32 Å². The van der Waals surface area contributed by atoms with E-state index in [1.165, 1.54) is 0 Å². The number of aryl methyl sites for hydroxylation is 1. The fraction of sp³-hybridized carbons (Fsp3) is 0.462. The van der Waals surface area contributed by atoms with Crippen LogP contribution in [-0.4, -0.2) is 41.6 Å². The van der Waals surface area contributed by atoms with Crippen molar-refractivity contribution in [1.82, 2.24) is 10.2 Å². The van der Waals surface area contributed by atoms with E-state index in [0.29, 0.717) is 24.7 Å². The van der Waals surface area contributed by atoms with Gasteiger partial charge in [0.25, 0.3) is 5.91 Å². The Bertz CT molecular complexity index is 437. The van der Waals surface area contributed by atoms with Gasteiger partial charge in [-0.3, -0.25) is 4.79 Å². The predicted octanol–water partition coefficient (Wildman–Crippen LogP) is 1.56. The maximum atomic E-state index is 12.3. The monoisotopic (exact) mass is 270 g/mol. The van der Waals surface area contributed by atoms with E-state index in [0.717, 1.165) is 12.1 Å². The fourth-order valence-electron chi connectivity index (χ4n) is 2.12. The summed E-state index contributed by atoms with van der Waals surface area (Å²) in [5.41, 5.74) is 1.14. The van der Waals surface area contributed by atoms with Crippen molar-refractivity contribution in [2.24, 2.45) is 0 Å². The van der Waals surface area contributed by atoms with Crippen LogP contribution in [0.4, 0.5) is 0 Å². The maximum absolute atomic E-state index is 12.3.